The molecular formula is C19H22ClNO3. The number of hydrogen-bond acceptors (Lipinski definition) is 3. The Balaban J connectivity index is 2.00. The van der Waals surface area contributed by atoms with Gasteiger partial charge in [-0.25, -0.2) is 0 Å². The predicted molar refractivity (Wildman–Crippen MR) is 97.0 cm³/mol. The fraction of sp³-hybridized carbons (Fsp3) is 0.316. The van der Waals surface area contributed by atoms with Crippen LogP contribution in [0.3, 0.4) is 0 Å². The van der Waals surface area contributed by atoms with Crippen LogP contribution in [0.4, 0.5) is 5.69 Å². The average Bonchev–Trinajstić information content (AvgIpc) is 2.51. The minimum Gasteiger partial charge on any atom is -0.491 e. The van der Waals surface area contributed by atoms with Crippen molar-refractivity contribution in [1.29, 1.82) is 0 Å². The van der Waals surface area contributed by atoms with Gasteiger partial charge < -0.3 is 14.8 Å². The van der Waals surface area contributed by atoms with E-state index in [4.69, 9.17) is 21.1 Å². The van der Waals surface area contributed by atoms with Crippen molar-refractivity contribution in [3.8, 4) is 11.5 Å². The van der Waals surface area contributed by atoms with E-state index in [0.717, 1.165) is 5.75 Å². The lowest BCUT2D eigenvalue weighted by Crippen LogP contribution is -2.42. The zero-order valence-corrected chi connectivity index (χ0v) is 15.1. The Morgan fingerprint density at radius 1 is 1.00 bits per heavy atom. The van der Waals surface area contributed by atoms with Crippen molar-refractivity contribution in [3.63, 3.8) is 0 Å². The number of hydrogen-bond donors (Lipinski definition) is 1. The first-order valence-corrected chi connectivity index (χ1v) is 8.17. The minimum absolute atomic E-state index is 0.108. The van der Waals surface area contributed by atoms with Gasteiger partial charge in [0.05, 0.1) is 6.10 Å². The highest BCUT2D eigenvalue weighted by atomic mass is 35.5. The number of halogens is 1. The summed E-state index contributed by atoms with van der Waals surface area (Å²) >= 11 is 5.85. The van der Waals surface area contributed by atoms with Crippen LogP contribution in [0.15, 0.2) is 48.5 Å². The molecule has 128 valence electrons. The van der Waals surface area contributed by atoms with Crippen LogP contribution in [0.1, 0.15) is 27.7 Å². The Morgan fingerprint density at radius 2 is 1.54 bits per heavy atom. The highest BCUT2D eigenvalue weighted by Crippen LogP contribution is 2.23. The van der Waals surface area contributed by atoms with Gasteiger partial charge in [-0.3, -0.25) is 4.79 Å². The summed E-state index contributed by atoms with van der Waals surface area (Å²) in [6.45, 7) is 7.36. The third-order valence-electron chi connectivity index (χ3n) is 3.22. The quantitative estimate of drug-likeness (QED) is 0.806. The number of carbonyl (C=O) groups is 1. The van der Waals surface area contributed by atoms with E-state index in [1.54, 1.807) is 50.2 Å². The molecule has 0 bridgehead atoms. The van der Waals surface area contributed by atoms with Crippen LogP contribution < -0.4 is 14.8 Å². The van der Waals surface area contributed by atoms with Gasteiger partial charge in [0.15, 0.2) is 5.60 Å². The summed E-state index contributed by atoms with van der Waals surface area (Å²) in [7, 11) is 0. The van der Waals surface area contributed by atoms with Gasteiger partial charge in [-0.2, -0.15) is 0 Å². The van der Waals surface area contributed by atoms with Crippen molar-refractivity contribution in [2.45, 2.75) is 39.4 Å². The minimum atomic E-state index is -1.03. The summed E-state index contributed by atoms with van der Waals surface area (Å²) in [5, 5.41) is 3.47. The van der Waals surface area contributed by atoms with E-state index in [2.05, 4.69) is 5.32 Å². The molecule has 0 spiro atoms. The van der Waals surface area contributed by atoms with Crippen molar-refractivity contribution in [3.05, 3.63) is 53.6 Å². The molecule has 24 heavy (non-hydrogen) atoms. The lowest BCUT2D eigenvalue weighted by Gasteiger charge is -2.25. The Labute approximate surface area is 147 Å². The van der Waals surface area contributed by atoms with Crippen LogP contribution >= 0.6 is 11.6 Å². The number of carbonyl (C=O) groups excluding carboxylic acids is 1. The molecule has 0 radical (unpaired) electrons. The molecule has 0 aliphatic carbocycles. The van der Waals surface area contributed by atoms with E-state index in [-0.39, 0.29) is 12.0 Å². The third-order valence-corrected chi connectivity index (χ3v) is 3.47. The maximum Gasteiger partial charge on any atom is 0.267 e. The first-order chi connectivity index (χ1) is 11.3. The molecule has 2 aromatic rings. The zero-order valence-electron chi connectivity index (χ0n) is 14.3. The van der Waals surface area contributed by atoms with Gasteiger partial charge in [0.2, 0.25) is 0 Å². The standard InChI is InChI=1S/C19H22ClNO3/c1-13(2)23-16-11-7-15(8-12-16)21-18(22)19(3,4)24-17-9-5-14(20)6-10-17/h5-13H,1-4H3,(H,21,22). The summed E-state index contributed by atoms with van der Waals surface area (Å²) in [6, 6.07) is 14.1. The second kappa shape index (κ2) is 7.58. The van der Waals surface area contributed by atoms with Crippen LogP contribution in [0.5, 0.6) is 11.5 Å². The van der Waals surface area contributed by atoms with Gasteiger partial charge in [-0.05, 0) is 76.2 Å². The number of amides is 1. The number of benzene rings is 2. The largest absolute Gasteiger partial charge is 0.491 e. The van der Waals surface area contributed by atoms with Crippen molar-refractivity contribution in [2.75, 3.05) is 5.32 Å². The monoisotopic (exact) mass is 347 g/mol. The van der Waals surface area contributed by atoms with Gasteiger partial charge in [0, 0.05) is 10.7 Å². The molecule has 0 saturated carbocycles. The normalized spacial score (nSPS) is 11.2. The van der Waals surface area contributed by atoms with Crippen molar-refractivity contribution < 1.29 is 14.3 Å². The summed E-state index contributed by atoms with van der Waals surface area (Å²) in [6.07, 6.45) is 0.108. The highest BCUT2D eigenvalue weighted by molar-refractivity contribution is 6.30. The molecule has 1 N–H and O–H groups in total. The first-order valence-electron chi connectivity index (χ1n) is 7.79. The maximum atomic E-state index is 12.5. The molecule has 0 fully saturated rings. The van der Waals surface area contributed by atoms with E-state index in [9.17, 15) is 4.79 Å². The van der Waals surface area contributed by atoms with Gasteiger partial charge in [-0.15, -0.1) is 0 Å². The van der Waals surface area contributed by atoms with E-state index >= 15 is 0 Å². The van der Waals surface area contributed by atoms with Crippen molar-refractivity contribution in [2.24, 2.45) is 0 Å². The van der Waals surface area contributed by atoms with Crippen LogP contribution in [0.25, 0.3) is 0 Å². The molecule has 0 aliphatic rings. The smallest absolute Gasteiger partial charge is 0.267 e. The molecule has 0 saturated heterocycles. The average molecular weight is 348 g/mol. The lowest BCUT2D eigenvalue weighted by atomic mass is 10.1. The van der Waals surface area contributed by atoms with Crippen LogP contribution in [0.2, 0.25) is 5.02 Å². The summed E-state index contributed by atoms with van der Waals surface area (Å²) in [5.74, 6) is 1.11. The molecule has 0 aliphatic heterocycles. The van der Waals surface area contributed by atoms with E-state index < -0.39 is 5.60 Å². The second-order valence-corrected chi connectivity index (χ2v) is 6.65. The molecule has 2 aromatic carbocycles. The van der Waals surface area contributed by atoms with Crippen molar-refractivity contribution >= 4 is 23.2 Å². The number of nitrogens with one attached hydrogen (secondary N) is 1. The van der Waals surface area contributed by atoms with Gasteiger partial charge in [-0.1, -0.05) is 11.6 Å². The molecular weight excluding hydrogens is 326 g/mol. The molecule has 1 amide bonds. The van der Waals surface area contributed by atoms with Crippen LogP contribution in [-0.2, 0) is 4.79 Å². The topological polar surface area (TPSA) is 47.6 Å². The number of ether oxygens (including phenoxy) is 2. The van der Waals surface area contributed by atoms with Crippen LogP contribution in [-0.4, -0.2) is 17.6 Å². The first kappa shape index (κ1) is 18.1. The SMILES string of the molecule is CC(C)Oc1ccc(NC(=O)C(C)(C)Oc2ccc(Cl)cc2)cc1. The number of anilines is 1. The molecule has 0 heterocycles. The Kier molecular flexibility index (Phi) is 5.73. The number of rotatable bonds is 6. The van der Waals surface area contributed by atoms with E-state index in [0.29, 0.717) is 16.5 Å². The molecule has 4 nitrogen and oxygen atoms in total. The van der Waals surface area contributed by atoms with Gasteiger partial charge in [0.25, 0.3) is 5.91 Å². The predicted octanol–water partition coefficient (Wildman–Crippen LogP) is 4.92. The summed E-state index contributed by atoms with van der Waals surface area (Å²) in [5.41, 5.74) is -0.343. The Hall–Kier alpha value is -2.20. The third kappa shape index (κ3) is 5.17. The second-order valence-electron chi connectivity index (χ2n) is 6.21. The van der Waals surface area contributed by atoms with E-state index in [1.807, 2.05) is 26.0 Å². The fourth-order valence-corrected chi connectivity index (χ4v) is 2.14. The molecule has 2 rings (SSSR count). The van der Waals surface area contributed by atoms with Gasteiger partial charge in [0.1, 0.15) is 11.5 Å². The summed E-state index contributed by atoms with van der Waals surface area (Å²) in [4.78, 5) is 12.5. The molecule has 0 aromatic heterocycles. The van der Waals surface area contributed by atoms with Gasteiger partial charge >= 0.3 is 0 Å². The van der Waals surface area contributed by atoms with Crippen molar-refractivity contribution in [1.82, 2.24) is 0 Å². The Bertz CT molecular complexity index is 679. The van der Waals surface area contributed by atoms with E-state index in [1.165, 1.54) is 0 Å². The zero-order chi connectivity index (χ0) is 17.7. The maximum absolute atomic E-state index is 12.5. The highest BCUT2D eigenvalue weighted by Gasteiger charge is 2.30. The van der Waals surface area contributed by atoms with Crippen LogP contribution in [0, 0.1) is 0 Å². The molecule has 0 unspecified atom stereocenters. The lowest BCUT2D eigenvalue weighted by molar-refractivity contribution is -0.128. The molecule has 5 heteroatoms. The summed E-state index contributed by atoms with van der Waals surface area (Å²) < 4.78 is 11.4. The fourth-order valence-electron chi connectivity index (χ4n) is 2.01. The Morgan fingerprint density at radius 3 is 2.08 bits per heavy atom. The molecule has 0 atom stereocenters.